The van der Waals surface area contributed by atoms with Gasteiger partial charge >= 0.3 is 5.97 Å². The Morgan fingerprint density at radius 3 is 2.58 bits per heavy atom. The molecule has 0 aliphatic heterocycles. The van der Waals surface area contributed by atoms with Crippen LogP contribution in [-0.4, -0.2) is 28.5 Å². The molecule has 0 spiro atoms. The largest absolute Gasteiger partial charge is 0.451 e. The molecule has 2 aromatic carbocycles. The highest BCUT2D eigenvalue weighted by Gasteiger charge is 2.12. The van der Waals surface area contributed by atoms with Gasteiger partial charge in [-0.3, -0.25) is 9.78 Å². The summed E-state index contributed by atoms with van der Waals surface area (Å²) in [5.41, 5.74) is 1.41. The second kappa shape index (κ2) is 6.87. The Kier molecular flexibility index (Phi) is 4.47. The first-order valence-corrected chi connectivity index (χ1v) is 7.36. The third kappa shape index (κ3) is 3.73. The number of esters is 1. The number of aryl methyl sites for hydroxylation is 1. The van der Waals surface area contributed by atoms with E-state index >= 15 is 0 Å². The molecule has 0 aliphatic rings. The van der Waals surface area contributed by atoms with Crippen LogP contribution in [-0.2, 0) is 9.53 Å². The van der Waals surface area contributed by atoms with Crippen molar-refractivity contribution in [3.05, 3.63) is 66.2 Å². The van der Waals surface area contributed by atoms with Crippen LogP contribution in [0.3, 0.4) is 0 Å². The summed E-state index contributed by atoms with van der Waals surface area (Å²) in [6, 6.07) is 13.4. The molecule has 3 rings (SSSR count). The maximum atomic E-state index is 11.9. The molecule has 0 atom stereocenters. The summed E-state index contributed by atoms with van der Waals surface area (Å²) in [6.45, 7) is 1.38. The number of ether oxygens (including phenoxy) is 1. The zero-order chi connectivity index (χ0) is 16.9. The third-order valence-electron chi connectivity index (χ3n) is 3.36. The molecule has 1 heterocycles. The van der Waals surface area contributed by atoms with Gasteiger partial charge in [-0.1, -0.05) is 30.3 Å². The average molecular weight is 321 g/mol. The Morgan fingerprint density at radius 1 is 1.04 bits per heavy atom. The zero-order valence-corrected chi connectivity index (χ0v) is 13.0. The Labute approximate surface area is 138 Å². The van der Waals surface area contributed by atoms with Crippen molar-refractivity contribution in [3.63, 3.8) is 0 Å². The number of hydrogen-bond acceptors (Lipinski definition) is 5. The molecule has 6 nitrogen and oxygen atoms in total. The second-order valence-electron chi connectivity index (χ2n) is 5.23. The highest BCUT2D eigenvalue weighted by molar-refractivity contribution is 5.96. The van der Waals surface area contributed by atoms with Crippen molar-refractivity contribution in [1.82, 2.24) is 9.97 Å². The van der Waals surface area contributed by atoms with Crippen LogP contribution in [0.5, 0.6) is 0 Å². The predicted octanol–water partition coefficient (Wildman–Crippen LogP) is 2.73. The molecule has 0 bridgehead atoms. The molecule has 0 saturated carbocycles. The van der Waals surface area contributed by atoms with Crippen molar-refractivity contribution < 1.29 is 14.3 Å². The van der Waals surface area contributed by atoms with Gasteiger partial charge in [-0.25, -0.2) is 9.78 Å². The second-order valence-corrected chi connectivity index (χ2v) is 5.23. The highest BCUT2D eigenvalue weighted by Crippen LogP contribution is 2.18. The fourth-order valence-electron chi connectivity index (χ4n) is 2.17. The van der Waals surface area contributed by atoms with Gasteiger partial charge in [-0.05, 0) is 29.8 Å². The van der Waals surface area contributed by atoms with E-state index < -0.39 is 11.9 Å². The fraction of sp³-hybridized carbons (Fsp3) is 0.111. The van der Waals surface area contributed by atoms with Crippen molar-refractivity contribution in [2.75, 3.05) is 11.9 Å². The molecule has 0 unspecified atom stereocenters. The van der Waals surface area contributed by atoms with E-state index in [0.717, 1.165) is 10.8 Å². The molecule has 0 saturated heterocycles. The van der Waals surface area contributed by atoms with Gasteiger partial charge in [0, 0.05) is 11.9 Å². The van der Waals surface area contributed by atoms with Crippen molar-refractivity contribution in [2.45, 2.75) is 6.92 Å². The van der Waals surface area contributed by atoms with Gasteiger partial charge in [0.25, 0.3) is 5.91 Å². The smallest absolute Gasteiger partial charge is 0.359 e. The minimum atomic E-state index is -0.684. The monoisotopic (exact) mass is 321 g/mol. The van der Waals surface area contributed by atoms with Crippen LogP contribution in [0.4, 0.5) is 5.69 Å². The fourth-order valence-corrected chi connectivity index (χ4v) is 2.17. The van der Waals surface area contributed by atoms with Crippen LogP contribution >= 0.6 is 0 Å². The quantitative estimate of drug-likeness (QED) is 0.747. The molecule has 0 radical (unpaired) electrons. The van der Waals surface area contributed by atoms with Crippen LogP contribution < -0.4 is 5.32 Å². The Morgan fingerprint density at radius 2 is 1.83 bits per heavy atom. The SMILES string of the molecule is Cc1cnc(C(=O)OCC(=O)Nc2ccc3ccccc3c2)cn1. The topological polar surface area (TPSA) is 81.2 Å². The molecule has 0 fully saturated rings. The van der Waals surface area contributed by atoms with Crippen LogP contribution in [0.25, 0.3) is 10.8 Å². The van der Waals surface area contributed by atoms with E-state index in [2.05, 4.69) is 15.3 Å². The van der Waals surface area contributed by atoms with E-state index in [9.17, 15) is 9.59 Å². The van der Waals surface area contributed by atoms with Gasteiger partial charge in [0.15, 0.2) is 12.3 Å². The van der Waals surface area contributed by atoms with E-state index in [-0.39, 0.29) is 12.3 Å². The maximum Gasteiger partial charge on any atom is 0.359 e. The number of anilines is 1. The van der Waals surface area contributed by atoms with E-state index in [1.165, 1.54) is 12.4 Å². The van der Waals surface area contributed by atoms with Crippen molar-refractivity contribution in [1.29, 1.82) is 0 Å². The van der Waals surface area contributed by atoms with Crippen molar-refractivity contribution in [2.24, 2.45) is 0 Å². The lowest BCUT2D eigenvalue weighted by Crippen LogP contribution is -2.21. The van der Waals surface area contributed by atoms with Crippen LogP contribution in [0, 0.1) is 6.92 Å². The first-order valence-electron chi connectivity index (χ1n) is 7.36. The number of rotatable bonds is 4. The minimum Gasteiger partial charge on any atom is -0.451 e. The van der Waals surface area contributed by atoms with Gasteiger partial charge in [0.2, 0.25) is 0 Å². The number of fused-ring (bicyclic) bond motifs is 1. The lowest BCUT2D eigenvalue weighted by molar-refractivity contribution is -0.119. The van der Waals surface area contributed by atoms with Crippen molar-refractivity contribution >= 4 is 28.3 Å². The number of amides is 1. The van der Waals surface area contributed by atoms with E-state index in [1.807, 2.05) is 36.4 Å². The summed E-state index contributed by atoms with van der Waals surface area (Å²) in [7, 11) is 0. The highest BCUT2D eigenvalue weighted by atomic mass is 16.5. The number of benzene rings is 2. The van der Waals surface area contributed by atoms with Crippen LogP contribution in [0.1, 0.15) is 16.2 Å². The normalized spacial score (nSPS) is 10.4. The van der Waals surface area contributed by atoms with E-state index in [4.69, 9.17) is 4.74 Å². The van der Waals surface area contributed by atoms with Gasteiger partial charge in [-0.15, -0.1) is 0 Å². The summed E-state index contributed by atoms with van der Waals surface area (Å²) in [5.74, 6) is -1.10. The Hall–Kier alpha value is -3.28. The molecule has 6 heteroatoms. The molecular weight excluding hydrogens is 306 g/mol. The molecular formula is C18H15N3O3. The summed E-state index contributed by atoms with van der Waals surface area (Å²) >= 11 is 0. The van der Waals surface area contributed by atoms with E-state index in [1.54, 1.807) is 13.0 Å². The number of nitrogens with one attached hydrogen (secondary N) is 1. The predicted molar refractivity (Wildman–Crippen MR) is 89.6 cm³/mol. The number of hydrogen-bond donors (Lipinski definition) is 1. The first kappa shape index (κ1) is 15.6. The molecule has 1 aromatic heterocycles. The number of carbonyl (C=O) groups is 2. The molecule has 1 amide bonds. The zero-order valence-electron chi connectivity index (χ0n) is 13.0. The lowest BCUT2D eigenvalue weighted by Gasteiger charge is -2.07. The summed E-state index contributed by atoms with van der Waals surface area (Å²) in [6.07, 6.45) is 2.78. The van der Waals surface area contributed by atoms with Crippen LogP contribution in [0.2, 0.25) is 0 Å². The van der Waals surface area contributed by atoms with Crippen LogP contribution in [0.15, 0.2) is 54.9 Å². The van der Waals surface area contributed by atoms with Gasteiger partial charge in [0.1, 0.15) is 0 Å². The number of aromatic nitrogens is 2. The Bertz CT molecular complexity index is 891. The lowest BCUT2D eigenvalue weighted by atomic mass is 10.1. The average Bonchev–Trinajstić information content (AvgIpc) is 2.60. The molecule has 0 aliphatic carbocycles. The summed E-state index contributed by atoms with van der Waals surface area (Å²) in [4.78, 5) is 31.6. The van der Waals surface area contributed by atoms with Gasteiger partial charge in [-0.2, -0.15) is 0 Å². The third-order valence-corrected chi connectivity index (χ3v) is 3.36. The van der Waals surface area contributed by atoms with Gasteiger partial charge < -0.3 is 10.1 Å². The number of carbonyl (C=O) groups excluding carboxylic acids is 2. The summed E-state index contributed by atoms with van der Waals surface area (Å²) in [5, 5.41) is 4.80. The molecule has 1 N–H and O–H groups in total. The van der Waals surface area contributed by atoms with Crippen molar-refractivity contribution in [3.8, 4) is 0 Å². The standard InChI is InChI=1S/C18H15N3O3/c1-12-9-20-16(10-19-12)18(23)24-11-17(22)21-15-7-6-13-4-2-3-5-14(13)8-15/h2-10H,11H2,1H3,(H,21,22). The Balaban J connectivity index is 1.58. The number of nitrogens with zero attached hydrogens (tertiary/aromatic N) is 2. The van der Waals surface area contributed by atoms with Gasteiger partial charge in [0.05, 0.1) is 11.9 Å². The van der Waals surface area contributed by atoms with E-state index in [0.29, 0.717) is 11.4 Å². The molecule has 3 aromatic rings. The summed E-state index contributed by atoms with van der Waals surface area (Å²) < 4.78 is 4.94. The molecule has 24 heavy (non-hydrogen) atoms. The molecule has 120 valence electrons. The first-order chi connectivity index (χ1) is 11.6. The minimum absolute atomic E-state index is 0.0686. The maximum absolute atomic E-state index is 11.9.